The monoisotopic (exact) mass is 213 g/mol. The first kappa shape index (κ1) is 11.0. The molecule has 0 aliphatic rings. The van der Waals surface area contributed by atoms with Crippen LogP contribution in [-0.2, 0) is 0 Å². The molecule has 0 spiro atoms. The predicted molar refractivity (Wildman–Crippen MR) is 51.1 cm³/mol. The first-order valence-electron chi connectivity index (χ1n) is 4.09. The Balaban J connectivity index is 3.03. The van der Waals surface area contributed by atoms with Crippen LogP contribution in [0.3, 0.4) is 0 Å². The minimum atomic E-state index is -1.11. The summed E-state index contributed by atoms with van der Waals surface area (Å²) in [5.41, 5.74) is 0.100. The fourth-order valence-electron chi connectivity index (χ4n) is 1.08. The Hall–Kier alpha value is -1.11. The van der Waals surface area contributed by atoms with Gasteiger partial charge in [-0.1, -0.05) is 17.7 Å². The van der Waals surface area contributed by atoms with Crippen LogP contribution in [0, 0.1) is 23.1 Å². The summed E-state index contributed by atoms with van der Waals surface area (Å²) in [4.78, 5) is 0. The van der Waals surface area contributed by atoms with Crippen molar-refractivity contribution in [3.05, 3.63) is 34.6 Å². The molecule has 1 rings (SSSR count). The summed E-state index contributed by atoms with van der Waals surface area (Å²) in [5, 5.41) is 18.4. The fourth-order valence-corrected chi connectivity index (χ4v) is 1.24. The molecule has 2 atom stereocenters. The molecule has 0 amide bonds. The summed E-state index contributed by atoms with van der Waals surface area (Å²) in [6.07, 6.45) is -1.11. The molecular formula is C10H9ClFNO. The molecule has 74 valence electrons. The number of aliphatic hydroxyl groups is 1. The van der Waals surface area contributed by atoms with Gasteiger partial charge in [0.05, 0.1) is 18.1 Å². The van der Waals surface area contributed by atoms with Gasteiger partial charge >= 0.3 is 0 Å². The highest BCUT2D eigenvalue weighted by atomic mass is 35.5. The Morgan fingerprint density at radius 3 is 2.71 bits per heavy atom. The molecule has 0 aromatic heterocycles. The van der Waals surface area contributed by atoms with Gasteiger partial charge in [-0.2, -0.15) is 5.26 Å². The van der Waals surface area contributed by atoms with E-state index in [1.807, 2.05) is 6.07 Å². The SMILES string of the molecule is CC(C#N)C(O)c1ccc(Cl)cc1F. The van der Waals surface area contributed by atoms with Gasteiger partial charge in [0, 0.05) is 10.6 Å². The minimum absolute atomic E-state index is 0.100. The van der Waals surface area contributed by atoms with Crippen molar-refractivity contribution in [2.45, 2.75) is 13.0 Å². The van der Waals surface area contributed by atoms with Crippen LogP contribution in [-0.4, -0.2) is 5.11 Å². The maximum absolute atomic E-state index is 13.2. The van der Waals surface area contributed by atoms with Crippen LogP contribution in [0.2, 0.25) is 5.02 Å². The molecule has 0 aliphatic carbocycles. The Morgan fingerprint density at radius 1 is 1.57 bits per heavy atom. The molecule has 2 unspecified atom stereocenters. The molecule has 0 saturated carbocycles. The number of halogens is 2. The van der Waals surface area contributed by atoms with E-state index >= 15 is 0 Å². The van der Waals surface area contributed by atoms with Gasteiger partial charge < -0.3 is 5.11 Å². The third-order valence-corrected chi connectivity index (χ3v) is 2.19. The van der Waals surface area contributed by atoms with Crippen LogP contribution in [0.4, 0.5) is 4.39 Å². The van der Waals surface area contributed by atoms with Gasteiger partial charge in [0.2, 0.25) is 0 Å². The van der Waals surface area contributed by atoms with Crippen LogP contribution in [0.25, 0.3) is 0 Å². The lowest BCUT2D eigenvalue weighted by atomic mass is 9.98. The highest BCUT2D eigenvalue weighted by molar-refractivity contribution is 6.30. The molecule has 1 aromatic rings. The average molecular weight is 214 g/mol. The number of nitriles is 1. The Labute approximate surface area is 86.5 Å². The van der Waals surface area contributed by atoms with E-state index < -0.39 is 17.8 Å². The van der Waals surface area contributed by atoms with Crippen LogP contribution < -0.4 is 0 Å². The maximum Gasteiger partial charge on any atom is 0.130 e. The van der Waals surface area contributed by atoms with Crippen molar-refractivity contribution >= 4 is 11.6 Å². The van der Waals surface area contributed by atoms with Crippen LogP contribution in [0.1, 0.15) is 18.6 Å². The zero-order valence-corrected chi connectivity index (χ0v) is 8.29. The van der Waals surface area contributed by atoms with E-state index in [9.17, 15) is 9.50 Å². The lowest BCUT2D eigenvalue weighted by Gasteiger charge is -2.13. The molecule has 0 heterocycles. The highest BCUT2D eigenvalue weighted by Crippen LogP contribution is 2.25. The van der Waals surface area contributed by atoms with Crippen LogP contribution in [0.5, 0.6) is 0 Å². The summed E-state index contributed by atoms with van der Waals surface area (Å²) >= 11 is 5.55. The smallest absolute Gasteiger partial charge is 0.130 e. The van der Waals surface area contributed by atoms with Gasteiger partial charge in [0.15, 0.2) is 0 Å². The first-order valence-corrected chi connectivity index (χ1v) is 4.46. The fraction of sp³-hybridized carbons (Fsp3) is 0.300. The summed E-state index contributed by atoms with van der Waals surface area (Å²) < 4.78 is 13.2. The molecule has 0 radical (unpaired) electrons. The third-order valence-electron chi connectivity index (χ3n) is 1.96. The number of rotatable bonds is 2. The number of nitrogens with zero attached hydrogens (tertiary/aromatic N) is 1. The Kier molecular flexibility index (Phi) is 3.45. The zero-order chi connectivity index (χ0) is 10.7. The molecule has 2 nitrogen and oxygen atoms in total. The van der Waals surface area contributed by atoms with Gasteiger partial charge in [-0.15, -0.1) is 0 Å². The first-order chi connectivity index (χ1) is 6.56. The van der Waals surface area contributed by atoms with Crippen molar-refractivity contribution < 1.29 is 9.50 Å². The van der Waals surface area contributed by atoms with Gasteiger partial charge in [0.1, 0.15) is 5.82 Å². The quantitative estimate of drug-likeness (QED) is 0.821. The summed E-state index contributed by atoms with van der Waals surface area (Å²) in [6.45, 7) is 1.53. The predicted octanol–water partition coefficient (Wildman–Crippen LogP) is 2.67. The molecule has 1 aromatic carbocycles. The van der Waals surface area contributed by atoms with Gasteiger partial charge in [-0.25, -0.2) is 4.39 Å². The summed E-state index contributed by atoms with van der Waals surface area (Å²) in [7, 11) is 0. The van der Waals surface area contributed by atoms with E-state index in [4.69, 9.17) is 16.9 Å². The second kappa shape index (κ2) is 4.41. The number of hydrogen-bond donors (Lipinski definition) is 1. The molecule has 0 saturated heterocycles. The maximum atomic E-state index is 13.2. The van der Waals surface area contributed by atoms with Gasteiger partial charge in [-0.3, -0.25) is 0 Å². The molecular weight excluding hydrogens is 205 g/mol. The van der Waals surface area contributed by atoms with Crippen LogP contribution in [0.15, 0.2) is 18.2 Å². The van der Waals surface area contributed by atoms with Crippen LogP contribution >= 0.6 is 11.6 Å². The normalized spacial score (nSPS) is 14.5. The van der Waals surface area contributed by atoms with E-state index in [2.05, 4.69) is 0 Å². The van der Waals surface area contributed by atoms with Crippen molar-refractivity contribution in [3.8, 4) is 6.07 Å². The lowest BCUT2D eigenvalue weighted by molar-refractivity contribution is 0.138. The molecule has 0 fully saturated rings. The van der Waals surface area contributed by atoms with Gasteiger partial charge in [-0.05, 0) is 19.1 Å². The second-order valence-electron chi connectivity index (χ2n) is 3.03. The number of benzene rings is 1. The minimum Gasteiger partial charge on any atom is -0.387 e. The van der Waals surface area contributed by atoms with E-state index in [-0.39, 0.29) is 10.6 Å². The highest BCUT2D eigenvalue weighted by Gasteiger charge is 2.19. The van der Waals surface area contributed by atoms with Crippen molar-refractivity contribution in [2.75, 3.05) is 0 Å². The zero-order valence-electron chi connectivity index (χ0n) is 7.54. The molecule has 4 heteroatoms. The number of aliphatic hydroxyl groups excluding tert-OH is 1. The molecule has 0 aliphatic heterocycles. The Morgan fingerprint density at radius 2 is 2.21 bits per heavy atom. The van der Waals surface area contributed by atoms with Crippen molar-refractivity contribution in [1.82, 2.24) is 0 Å². The lowest BCUT2D eigenvalue weighted by Crippen LogP contribution is -2.08. The van der Waals surface area contributed by atoms with E-state index in [0.29, 0.717) is 0 Å². The largest absolute Gasteiger partial charge is 0.387 e. The third kappa shape index (κ3) is 2.22. The topological polar surface area (TPSA) is 44.0 Å². The van der Waals surface area contributed by atoms with E-state index in [0.717, 1.165) is 6.07 Å². The Bertz CT molecular complexity index is 375. The molecule has 0 bridgehead atoms. The standard InChI is InChI=1S/C10H9ClFNO/c1-6(5-13)10(14)8-3-2-7(11)4-9(8)12/h2-4,6,10,14H,1H3. The van der Waals surface area contributed by atoms with Crippen molar-refractivity contribution in [2.24, 2.45) is 5.92 Å². The molecule has 14 heavy (non-hydrogen) atoms. The van der Waals surface area contributed by atoms with Crippen molar-refractivity contribution in [3.63, 3.8) is 0 Å². The number of hydrogen-bond acceptors (Lipinski definition) is 2. The molecule has 1 N–H and O–H groups in total. The van der Waals surface area contributed by atoms with E-state index in [1.165, 1.54) is 19.1 Å². The van der Waals surface area contributed by atoms with Gasteiger partial charge in [0.25, 0.3) is 0 Å². The summed E-state index contributed by atoms with van der Waals surface area (Å²) in [5.74, 6) is -1.24. The second-order valence-corrected chi connectivity index (χ2v) is 3.46. The summed E-state index contributed by atoms with van der Waals surface area (Å²) in [6, 6.07) is 5.84. The van der Waals surface area contributed by atoms with E-state index in [1.54, 1.807) is 0 Å². The van der Waals surface area contributed by atoms with Crippen molar-refractivity contribution in [1.29, 1.82) is 5.26 Å². The average Bonchev–Trinajstić information content (AvgIpc) is 2.15.